The summed E-state index contributed by atoms with van der Waals surface area (Å²) >= 11 is 0. The molecular formula is C27H32N6O2. The van der Waals surface area contributed by atoms with Gasteiger partial charge in [-0.15, -0.1) is 0 Å². The first-order valence-electron chi connectivity index (χ1n) is 12.1. The van der Waals surface area contributed by atoms with E-state index in [2.05, 4.69) is 75.0 Å². The summed E-state index contributed by atoms with van der Waals surface area (Å²) in [5.41, 5.74) is 6.82. The molecule has 2 heterocycles. The van der Waals surface area contributed by atoms with Crippen molar-refractivity contribution in [1.29, 1.82) is 0 Å². The largest absolute Gasteiger partial charge is 0.385 e. The quantitative estimate of drug-likeness (QED) is 0.103. The number of hydroxylamine groups is 1. The molecule has 0 bridgehead atoms. The molecule has 2 aromatic heterocycles. The fourth-order valence-corrected chi connectivity index (χ4v) is 4.06. The van der Waals surface area contributed by atoms with Gasteiger partial charge in [0.15, 0.2) is 0 Å². The van der Waals surface area contributed by atoms with Crippen LogP contribution >= 0.6 is 0 Å². The molecule has 0 fully saturated rings. The fourth-order valence-electron chi connectivity index (χ4n) is 4.06. The van der Waals surface area contributed by atoms with Gasteiger partial charge in [-0.3, -0.25) is 10.0 Å². The molecule has 8 nitrogen and oxygen atoms in total. The highest BCUT2D eigenvalue weighted by atomic mass is 16.5. The second-order valence-electron chi connectivity index (χ2n) is 8.65. The number of nitrogens with one attached hydrogen (secondary N) is 4. The highest BCUT2D eigenvalue weighted by Crippen LogP contribution is 2.29. The third-order valence-electron chi connectivity index (χ3n) is 6.06. The van der Waals surface area contributed by atoms with Crippen molar-refractivity contribution >= 4 is 28.4 Å². The fraction of sp³-hybridized carbons (Fsp3) is 0.296. The summed E-state index contributed by atoms with van der Waals surface area (Å²) < 4.78 is 0. The van der Waals surface area contributed by atoms with Crippen LogP contribution in [0.15, 0.2) is 67.0 Å². The van der Waals surface area contributed by atoms with Gasteiger partial charge in [0, 0.05) is 30.4 Å². The number of amides is 1. The summed E-state index contributed by atoms with van der Waals surface area (Å²) in [5, 5.41) is 16.4. The molecule has 0 radical (unpaired) electrons. The molecule has 0 aliphatic rings. The minimum absolute atomic E-state index is 0.123. The molecule has 0 spiro atoms. The zero-order valence-corrected chi connectivity index (χ0v) is 19.9. The van der Waals surface area contributed by atoms with Crippen molar-refractivity contribution in [3.05, 3.63) is 72.6 Å². The number of aromatic amines is 1. The number of aromatic nitrogens is 3. The van der Waals surface area contributed by atoms with Crippen molar-refractivity contribution in [2.75, 3.05) is 17.2 Å². The van der Waals surface area contributed by atoms with E-state index in [1.165, 1.54) is 5.56 Å². The van der Waals surface area contributed by atoms with Gasteiger partial charge in [-0.1, -0.05) is 55.3 Å². The lowest BCUT2D eigenvalue weighted by atomic mass is 10.1. The molecule has 1 amide bonds. The molecule has 0 unspecified atom stereocenters. The van der Waals surface area contributed by atoms with E-state index in [9.17, 15) is 4.79 Å². The van der Waals surface area contributed by atoms with E-state index in [1.54, 1.807) is 11.8 Å². The zero-order chi connectivity index (χ0) is 24.5. The van der Waals surface area contributed by atoms with Crippen LogP contribution in [-0.2, 0) is 4.79 Å². The van der Waals surface area contributed by atoms with Crippen LogP contribution in [0.25, 0.3) is 22.3 Å². The Labute approximate surface area is 205 Å². The average molecular weight is 473 g/mol. The molecule has 35 heavy (non-hydrogen) atoms. The first-order valence-corrected chi connectivity index (χ1v) is 12.1. The molecule has 4 aromatic rings. The number of hydrogen-bond donors (Lipinski definition) is 5. The van der Waals surface area contributed by atoms with Crippen molar-refractivity contribution in [3.8, 4) is 11.3 Å². The summed E-state index contributed by atoms with van der Waals surface area (Å²) in [6, 6.07) is 20.9. The molecule has 0 saturated carbocycles. The lowest BCUT2D eigenvalue weighted by molar-refractivity contribution is -0.129. The Morgan fingerprint density at radius 2 is 1.77 bits per heavy atom. The van der Waals surface area contributed by atoms with Crippen molar-refractivity contribution in [3.63, 3.8) is 0 Å². The van der Waals surface area contributed by atoms with Crippen molar-refractivity contribution in [1.82, 2.24) is 20.4 Å². The van der Waals surface area contributed by atoms with Crippen LogP contribution in [0.5, 0.6) is 0 Å². The second kappa shape index (κ2) is 12.0. The van der Waals surface area contributed by atoms with Crippen LogP contribution in [0.2, 0.25) is 0 Å². The van der Waals surface area contributed by atoms with Gasteiger partial charge in [0.1, 0.15) is 17.8 Å². The highest BCUT2D eigenvalue weighted by Gasteiger charge is 2.12. The topological polar surface area (TPSA) is 115 Å². The number of H-pyrrole nitrogens is 1. The molecule has 8 heteroatoms. The molecule has 1 atom stereocenters. The summed E-state index contributed by atoms with van der Waals surface area (Å²) in [4.78, 5) is 23.3. The Morgan fingerprint density at radius 3 is 2.54 bits per heavy atom. The SMILES string of the molecule is C[C@@H](Nc1ncnc2[nH]c(-c3ccc(NCCCCCCC(=O)NO)cc3)cc12)c1ccccc1. The normalized spacial score (nSPS) is 11.8. The van der Waals surface area contributed by atoms with Crippen LogP contribution in [0.1, 0.15) is 50.6 Å². The summed E-state index contributed by atoms with van der Waals surface area (Å²) in [5.74, 6) is 0.489. The number of hydrogen-bond acceptors (Lipinski definition) is 6. The molecule has 2 aromatic carbocycles. The Hall–Kier alpha value is -3.91. The second-order valence-corrected chi connectivity index (χ2v) is 8.65. The van der Waals surface area contributed by atoms with Gasteiger partial charge in [-0.2, -0.15) is 0 Å². The van der Waals surface area contributed by atoms with Crippen LogP contribution in [0.4, 0.5) is 11.5 Å². The van der Waals surface area contributed by atoms with E-state index >= 15 is 0 Å². The van der Waals surface area contributed by atoms with Gasteiger partial charge in [-0.05, 0) is 49.1 Å². The van der Waals surface area contributed by atoms with Crippen molar-refractivity contribution in [2.24, 2.45) is 0 Å². The van der Waals surface area contributed by atoms with E-state index in [0.29, 0.717) is 6.42 Å². The van der Waals surface area contributed by atoms with Gasteiger partial charge in [0.2, 0.25) is 5.91 Å². The van der Waals surface area contributed by atoms with Gasteiger partial charge < -0.3 is 15.6 Å². The number of nitrogens with zero attached hydrogens (tertiary/aromatic N) is 2. The average Bonchev–Trinajstić information content (AvgIpc) is 3.34. The molecular weight excluding hydrogens is 440 g/mol. The third kappa shape index (κ3) is 6.58. The zero-order valence-electron chi connectivity index (χ0n) is 19.9. The number of anilines is 2. The predicted octanol–water partition coefficient (Wildman–Crippen LogP) is 5.67. The molecule has 5 N–H and O–H groups in total. The first-order chi connectivity index (χ1) is 17.1. The molecule has 0 saturated heterocycles. The summed E-state index contributed by atoms with van der Waals surface area (Å²) in [6.07, 6.45) is 5.78. The minimum Gasteiger partial charge on any atom is -0.385 e. The van der Waals surface area contributed by atoms with Crippen LogP contribution in [0.3, 0.4) is 0 Å². The molecule has 182 valence electrons. The standard InChI is InChI=1S/C27H32N6O2/c1-19(20-9-5-4-6-10-20)31-26-23-17-24(32-27(23)30-18-29-26)21-12-14-22(15-13-21)28-16-8-3-2-7-11-25(34)33-35/h4-6,9-10,12-15,17-19,28,35H,2-3,7-8,11,16H2,1H3,(H,33,34)(H2,29,30,31,32)/t19-/m1/s1. The van der Waals surface area contributed by atoms with Crippen LogP contribution in [-0.4, -0.2) is 32.6 Å². The molecule has 0 aliphatic carbocycles. The number of benzene rings is 2. The number of unbranched alkanes of at least 4 members (excludes halogenated alkanes) is 3. The van der Waals surface area contributed by atoms with Gasteiger partial charge in [-0.25, -0.2) is 15.4 Å². The van der Waals surface area contributed by atoms with Crippen LogP contribution < -0.4 is 16.1 Å². The smallest absolute Gasteiger partial charge is 0.243 e. The van der Waals surface area contributed by atoms with E-state index in [4.69, 9.17) is 5.21 Å². The van der Waals surface area contributed by atoms with Crippen molar-refractivity contribution < 1.29 is 10.0 Å². The third-order valence-corrected chi connectivity index (χ3v) is 6.06. The van der Waals surface area contributed by atoms with Gasteiger partial charge in [0.25, 0.3) is 0 Å². The van der Waals surface area contributed by atoms with Gasteiger partial charge >= 0.3 is 0 Å². The summed E-state index contributed by atoms with van der Waals surface area (Å²) in [7, 11) is 0. The molecule has 0 aliphatic heterocycles. The number of rotatable bonds is 12. The van der Waals surface area contributed by atoms with E-state index in [1.807, 2.05) is 18.2 Å². The predicted molar refractivity (Wildman–Crippen MR) is 139 cm³/mol. The van der Waals surface area contributed by atoms with Gasteiger partial charge in [0.05, 0.1) is 5.39 Å². The van der Waals surface area contributed by atoms with Crippen LogP contribution in [0, 0.1) is 0 Å². The monoisotopic (exact) mass is 472 g/mol. The van der Waals surface area contributed by atoms with E-state index in [0.717, 1.165) is 66.0 Å². The first kappa shape index (κ1) is 24.2. The number of carbonyl (C=O) groups is 1. The minimum atomic E-state index is -0.320. The maximum absolute atomic E-state index is 11.0. The Balaban J connectivity index is 1.33. The highest BCUT2D eigenvalue weighted by molar-refractivity contribution is 5.91. The lowest BCUT2D eigenvalue weighted by Crippen LogP contribution is -2.17. The Bertz CT molecular complexity index is 1220. The van der Waals surface area contributed by atoms with Crippen molar-refractivity contribution in [2.45, 2.75) is 45.1 Å². The van der Waals surface area contributed by atoms with E-state index < -0.39 is 0 Å². The maximum Gasteiger partial charge on any atom is 0.243 e. The lowest BCUT2D eigenvalue weighted by Gasteiger charge is -2.15. The Kier molecular flexibility index (Phi) is 8.30. The van der Waals surface area contributed by atoms with E-state index in [-0.39, 0.29) is 11.9 Å². The Morgan fingerprint density at radius 1 is 1.00 bits per heavy atom. The molecule has 4 rings (SSSR count). The maximum atomic E-state index is 11.0. The number of fused-ring (bicyclic) bond motifs is 1. The summed E-state index contributed by atoms with van der Waals surface area (Å²) in [6.45, 7) is 3.00. The number of carbonyl (C=O) groups excluding carboxylic acids is 1.